The minimum atomic E-state index is -0.438. The highest BCUT2D eigenvalue weighted by Gasteiger charge is 2.27. The van der Waals surface area contributed by atoms with Crippen molar-refractivity contribution < 1.29 is 14.4 Å². The minimum absolute atomic E-state index is 0.208. The number of aromatic nitrogens is 2. The molecule has 0 spiro atoms. The summed E-state index contributed by atoms with van der Waals surface area (Å²) in [5.74, 6) is 0.544. The van der Waals surface area contributed by atoms with Crippen LogP contribution in [-0.2, 0) is 17.0 Å². The molecule has 0 atom stereocenters. The SMILES string of the molecule is CC(C)(C)n1ncc(Oc2cccc(I)c2)c1C(=O)NOCc1ccc(Cl)cc1. The number of hydrogen-bond donors (Lipinski definition) is 1. The highest BCUT2D eigenvalue weighted by atomic mass is 127. The Balaban J connectivity index is 1.78. The maximum Gasteiger partial charge on any atom is 0.297 e. The predicted octanol–water partition coefficient (Wildman–Crippen LogP) is 5.55. The van der Waals surface area contributed by atoms with Gasteiger partial charge in [-0.3, -0.25) is 14.3 Å². The fourth-order valence-corrected chi connectivity index (χ4v) is 3.24. The molecular weight excluding hydrogens is 505 g/mol. The third-order valence-electron chi connectivity index (χ3n) is 3.93. The maximum absolute atomic E-state index is 12.9. The molecule has 0 saturated carbocycles. The highest BCUT2D eigenvalue weighted by molar-refractivity contribution is 14.1. The zero-order valence-corrected chi connectivity index (χ0v) is 19.2. The van der Waals surface area contributed by atoms with E-state index in [-0.39, 0.29) is 12.3 Å². The van der Waals surface area contributed by atoms with Gasteiger partial charge in [0.25, 0.3) is 5.91 Å². The van der Waals surface area contributed by atoms with E-state index in [1.165, 1.54) is 0 Å². The molecule has 8 heteroatoms. The van der Waals surface area contributed by atoms with Crippen molar-refractivity contribution in [2.45, 2.75) is 32.9 Å². The molecule has 1 heterocycles. The second kappa shape index (κ2) is 9.15. The van der Waals surface area contributed by atoms with Gasteiger partial charge in [0.15, 0.2) is 11.4 Å². The number of amides is 1. The van der Waals surface area contributed by atoms with E-state index in [9.17, 15) is 4.79 Å². The van der Waals surface area contributed by atoms with E-state index in [2.05, 4.69) is 33.2 Å². The molecule has 0 unspecified atom stereocenters. The fourth-order valence-electron chi connectivity index (χ4n) is 2.60. The topological polar surface area (TPSA) is 65.4 Å². The van der Waals surface area contributed by atoms with Crippen molar-refractivity contribution in [3.05, 3.63) is 74.6 Å². The van der Waals surface area contributed by atoms with Gasteiger partial charge in [0, 0.05) is 8.59 Å². The lowest BCUT2D eigenvalue weighted by Gasteiger charge is -2.22. The average molecular weight is 526 g/mol. The molecule has 0 aliphatic heterocycles. The van der Waals surface area contributed by atoms with Gasteiger partial charge in [0.1, 0.15) is 5.75 Å². The van der Waals surface area contributed by atoms with E-state index < -0.39 is 11.4 Å². The molecule has 3 rings (SSSR count). The van der Waals surface area contributed by atoms with Gasteiger partial charge in [-0.2, -0.15) is 5.10 Å². The number of carbonyl (C=O) groups is 1. The molecule has 1 N–H and O–H groups in total. The lowest BCUT2D eigenvalue weighted by Crippen LogP contribution is -2.32. The first-order chi connectivity index (χ1) is 13.7. The average Bonchev–Trinajstić information content (AvgIpc) is 3.07. The van der Waals surface area contributed by atoms with Crippen molar-refractivity contribution in [2.75, 3.05) is 0 Å². The molecule has 0 aliphatic rings. The predicted molar refractivity (Wildman–Crippen MR) is 120 cm³/mol. The normalized spacial score (nSPS) is 11.3. The Bertz CT molecular complexity index is 997. The summed E-state index contributed by atoms with van der Waals surface area (Å²) < 4.78 is 8.60. The molecule has 1 aromatic heterocycles. The van der Waals surface area contributed by atoms with E-state index in [0.717, 1.165) is 9.13 Å². The van der Waals surface area contributed by atoms with Gasteiger partial charge >= 0.3 is 0 Å². The maximum atomic E-state index is 12.9. The Hall–Kier alpha value is -2.10. The van der Waals surface area contributed by atoms with Gasteiger partial charge in [-0.25, -0.2) is 5.48 Å². The quantitative estimate of drug-likeness (QED) is 0.339. The van der Waals surface area contributed by atoms with E-state index in [1.54, 1.807) is 23.0 Å². The van der Waals surface area contributed by atoms with Crippen molar-refractivity contribution in [3.8, 4) is 11.5 Å². The second-order valence-corrected chi connectivity index (χ2v) is 9.03. The van der Waals surface area contributed by atoms with Crippen LogP contribution >= 0.6 is 34.2 Å². The number of carbonyl (C=O) groups excluding carboxylic acids is 1. The Morgan fingerprint density at radius 3 is 2.59 bits per heavy atom. The molecule has 152 valence electrons. The van der Waals surface area contributed by atoms with Gasteiger partial charge in [-0.1, -0.05) is 29.8 Å². The molecule has 1 amide bonds. The Labute approximate surface area is 188 Å². The van der Waals surface area contributed by atoms with Gasteiger partial charge in [0.05, 0.1) is 18.3 Å². The number of hydrogen-bond acceptors (Lipinski definition) is 4. The van der Waals surface area contributed by atoms with Crippen molar-refractivity contribution in [1.29, 1.82) is 0 Å². The number of hydroxylamine groups is 1. The molecule has 29 heavy (non-hydrogen) atoms. The molecule has 0 radical (unpaired) electrons. The zero-order valence-electron chi connectivity index (χ0n) is 16.3. The van der Waals surface area contributed by atoms with Crippen LogP contribution in [0.25, 0.3) is 0 Å². The lowest BCUT2D eigenvalue weighted by molar-refractivity contribution is 0.0219. The summed E-state index contributed by atoms with van der Waals surface area (Å²) in [7, 11) is 0. The molecule has 2 aromatic carbocycles. The second-order valence-electron chi connectivity index (χ2n) is 7.35. The number of nitrogens with zero attached hydrogens (tertiary/aromatic N) is 2. The van der Waals surface area contributed by atoms with Crippen LogP contribution in [0.5, 0.6) is 11.5 Å². The monoisotopic (exact) mass is 525 g/mol. The standard InChI is InChI=1S/C21H21ClIN3O3/c1-21(2,3)26-19(18(12-24-26)29-17-6-4-5-16(23)11-17)20(27)25-28-13-14-7-9-15(22)10-8-14/h4-12H,13H2,1-3H3,(H,25,27). The first-order valence-corrected chi connectivity index (χ1v) is 10.4. The number of halogens is 2. The van der Waals surface area contributed by atoms with Crippen LogP contribution < -0.4 is 10.2 Å². The summed E-state index contributed by atoms with van der Waals surface area (Å²) in [5, 5.41) is 5.00. The molecule has 0 saturated heterocycles. The van der Waals surface area contributed by atoms with Crippen LogP contribution in [0.15, 0.2) is 54.7 Å². The van der Waals surface area contributed by atoms with Crippen LogP contribution in [-0.4, -0.2) is 15.7 Å². The van der Waals surface area contributed by atoms with E-state index in [1.807, 2.05) is 57.2 Å². The third kappa shape index (κ3) is 5.71. The number of rotatable bonds is 6. The summed E-state index contributed by atoms with van der Waals surface area (Å²) in [6, 6.07) is 14.8. The Kier molecular flexibility index (Phi) is 6.81. The smallest absolute Gasteiger partial charge is 0.297 e. The van der Waals surface area contributed by atoms with Gasteiger partial charge in [-0.05, 0) is 79.3 Å². The molecule has 6 nitrogen and oxygen atoms in total. The zero-order chi connectivity index (χ0) is 21.0. The number of nitrogens with one attached hydrogen (secondary N) is 1. The highest BCUT2D eigenvalue weighted by Crippen LogP contribution is 2.29. The van der Waals surface area contributed by atoms with Crippen LogP contribution in [0.1, 0.15) is 36.8 Å². The Morgan fingerprint density at radius 2 is 1.93 bits per heavy atom. The van der Waals surface area contributed by atoms with Gasteiger partial charge in [-0.15, -0.1) is 0 Å². The van der Waals surface area contributed by atoms with E-state index in [4.69, 9.17) is 21.2 Å². The van der Waals surface area contributed by atoms with Crippen molar-refractivity contribution in [3.63, 3.8) is 0 Å². The molecular formula is C21H21ClIN3O3. The van der Waals surface area contributed by atoms with Crippen molar-refractivity contribution in [1.82, 2.24) is 15.3 Å². The van der Waals surface area contributed by atoms with Gasteiger partial charge in [0.2, 0.25) is 0 Å². The van der Waals surface area contributed by atoms with Gasteiger partial charge < -0.3 is 4.74 Å². The largest absolute Gasteiger partial charge is 0.453 e. The van der Waals surface area contributed by atoms with Crippen LogP contribution in [0.2, 0.25) is 5.02 Å². The van der Waals surface area contributed by atoms with Crippen molar-refractivity contribution >= 4 is 40.1 Å². The Morgan fingerprint density at radius 1 is 1.21 bits per heavy atom. The molecule has 3 aromatic rings. The lowest BCUT2D eigenvalue weighted by atomic mass is 10.1. The van der Waals surface area contributed by atoms with E-state index >= 15 is 0 Å². The molecule has 0 fully saturated rings. The van der Waals surface area contributed by atoms with E-state index in [0.29, 0.717) is 16.5 Å². The fraction of sp³-hybridized carbons (Fsp3) is 0.238. The van der Waals surface area contributed by atoms with Crippen LogP contribution in [0.4, 0.5) is 0 Å². The molecule has 0 bridgehead atoms. The number of benzene rings is 2. The summed E-state index contributed by atoms with van der Waals surface area (Å²) in [5.41, 5.74) is 3.23. The summed E-state index contributed by atoms with van der Waals surface area (Å²) >= 11 is 8.09. The summed E-state index contributed by atoms with van der Waals surface area (Å²) in [4.78, 5) is 18.3. The summed E-state index contributed by atoms with van der Waals surface area (Å²) in [6.07, 6.45) is 1.54. The third-order valence-corrected chi connectivity index (χ3v) is 4.85. The summed E-state index contributed by atoms with van der Waals surface area (Å²) in [6.45, 7) is 6.08. The minimum Gasteiger partial charge on any atom is -0.453 e. The first kappa shape index (κ1) is 21.6. The number of ether oxygens (including phenoxy) is 1. The first-order valence-electron chi connectivity index (χ1n) is 8.92. The van der Waals surface area contributed by atoms with Crippen molar-refractivity contribution in [2.24, 2.45) is 0 Å². The molecule has 0 aliphatic carbocycles. The van der Waals surface area contributed by atoms with Crippen LogP contribution in [0.3, 0.4) is 0 Å². The van der Waals surface area contributed by atoms with Crippen LogP contribution in [0, 0.1) is 3.57 Å².